The van der Waals surface area contributed by atoms with E-state index in [0.29, 0.717) is 12.0 Å². The van der Waals surface area contributed by atoms with Gasteiger partial charge in [0.15, 0.2) is 0 Å². The van der Waals surface area contributed by atoms with Gasteiger partial charge in [-0.05, 0) is 49.9 Å². The van der Waals surface area contributed by atoms with E-state index in [-0.39, 0.29) is 11.9 Å². The molecule has 3 aliphatic heterocycles. The number of furan rings is 1. The van der Waals surface area contributed by atoms with Crippen molar-refractivity contribution < 1.29 is 13.9 Å². The maximum absolute atomic E-state index is 13.3. The van der Waals surface area contributed by atoms with Crippen molar-refractivity contribution in [1.29, 1.82) is 0 Å². The number of hydrogen-bond acceptors (Lipinski definition) is 6. The second kappa shape index (κ2) is 8.73. The lowest BCUT2D eigenvalue weighted by molar-refractivity contribution is -0.134. The van der Waals surface area contributed by atoms with Crippen molar-refractivity contribution in [2.45, 2.75) is 31.8 Å². The molecule has 7 heteroatoms. The van der Waals surface area contributed by atoms with Gasteiger partial charge in [0.25, 0.3) is 0 Å². The average molecular weight is 377 g/mol. The Balaban J connectivity index is 1.38. The number of amides is 1. The fourth-order valence-electron chi connectivity index (χ4n) is 4.59. The van der Waals surface area contributed by atoms with E-state index >= 15 is 0 Å². The molecule has 0 radical (unpaired) electrons. The Labute approximate surface area is 161 Å². The van der Waals surface area contributed by atoms with Gasteiger partial charge in [-0.25, -0.2) is 0 Å². The summed E-state index contributed by atoms with van der Waals surface area (Å²) in [5, 5.41) is 6.97. The van der Waals surface area contributed by atoms with Gasteiger partial charge in [-0.1, -0.05) is 0 Å². The second-order valence-corrected chi connectivity index (χ2v) is 8.18. The van der Waals surface area contributed by atoms with E-state index in [1.807, 2.05) is 17.0 Å². The van der Waals surface area contributed by atoms with E-state index in [0.717, 1.165) is 84.0 Å². The van der Waals surface area contributed by atoms with Crippen LogP contribution in [0.15, 0.2) is 22.8 Å². The van der Waals surface area contributed by atoms with Crippen LogP contribution >= 0.6 is 0 Å². The molecule has 0 saturated carbocycles. The van der Waals surface area contributed by atoms with Gasteiger partial charge in [-0.2, -0.15) is 0 Å². The number of hydrogen-bond donors (Lipinski definition) is 2. The molecule has 1 aromatic rings. The van der Waals surface area contributed by atoms with Gasteiger partial charge in [0.05, 0.1) is 32.1 Å². The van der Waals surface area contributed by atoms with Gasteiger partial charge in [0.1, 0.15) is 5.76 Å². The Morgan fingerprint density at radius 3 is 2.85 bits per heavy atom. The molecule has 3 fully saturated rings. The molecule has 0 aromatic carbocycles. The first-order valence-electron chi connectivity index (χ1n) is 10.3. The SMILES string of the molecule is O=C([C@H]1CC2(CCNCC2)CN1)N(CCN1CCOCC1)Cc1ccco1. The standard InChI is InChI=1S/C20H32N4O3/c25-19(18-14-20(16-22-18)3-5-21-6-4-20)24(15-17-2-1-11-27-17)8-7-23-9-12-26-13-10-23/h1-2,11,18,21-22H,3-10,12-16H2/t18-/m1/s1. The maximum atomic E-state index is 13.3. The van der Waals surface area contributed by atoms with Gasteiger partial charge in [-0.15, -0.1) is 0 Å². The van der Waals surface area contributed by atoms with Crippen LogP contribution in [0, 0.1) is 5.41 Å². The largest absolute Gasteiger partial charge is 0.467 e. The molecule has 2 N–H and O–H groups in total. The molecule has 3 saturated heterocycles. The highest BCUT2D eigenvalue weighted by Gasteiger charge is 2.43. The number of carbonyl (C=O) groups is 1. The van der Waals surface area contributed by atoms with Gasteiger partial charge in [0.2, 0.25) is 5.91 Å². The maximum Gasteiger partial charge on any atom is 0.240 e. The quantitative estimate of drug-likeness (QED) is 0.761. The van der Waals surface area contributed by atoms with E-state index in [9.17, 15) is 4.79 Å². The van der Waals surface area contributed by atoms with Gasteiger partial charge in [0, 0.05) is 32.7 Å². The number of carbonyl (C=O) groups excluding carboxylic acids is 1. The van der Waals surface area contributed by atoms with Crippen LogP contribution in [-0.4, -0.2) is 80.8 Å². The third kappa shape index (κ3) is 4.71. The number of rotatable bonds is 6. The molecular formula is C20H32N4O3. The van der Waals surface area contributed by atoms with Crippen LogP contribution in [0.2, 0.25) is 0 Å². The summed E-state index contributed by atoms with van der Waals surface area (Å²) >= 11 is 0. The highest BCUT2D eigenvalue weighted by Crippen LogP contribution is 2.37. The minimum Gasteiger partial charge on any atom is -0.467 e. The predicted molar refractivity (Wildman–Crippen MR) is 102 cm³/mol. The topological polar surface area (TPSA) is 70.0 Å². The molecule has 4 rings (SSSR count). The number of nitrogens with one attached hydrogen (secondary N) is 2. The number of piperidine rings is 1. The van der Waals surface area contributed by atoms with Gasteiger partial charge in [-0.3, -0.25) is 9.69 Å². The van der Waals surface area contributed by atoms with E-state index in [1.165, 1.54) is 0 Å². The lowest BCUT2D eigenvalue weighted by Gasteiger charge is -2.33. The predicted octanol–water partition coefficient (Wildman–Crippen LogP) is 0.672. The van der Waals surface area contributed by atoms with Crippen molar-refractivity contribution >= 4 is 5.91 Å². The number of morpholine rings is 1. The van der Waals surface area contributed by atoms with Crippen LogP contribution in [0.3, 0.4) is 0 Å². The average Bonchev–Trinajstić information content (AvgIpc) is 3.36. The molecule has 1 amide bonds. The summed E-state index contributed by atoms with van der Waals surface area (Å²) in [4.78, 5) is 17.7. The first-order valence-corrected chi connectivity index (χ1v) is 10.3. The smallest absolute Gasteiger partial charge is 0.240 e. The highest BCUT2D eigenvalue weighted by atomic mass is 16.5. The first kappa shape index (κ1) is 18.9. The molecule has 1 spiro atoms. The Kier molecular flexibility index (Phi) is 6.12. The normalized spacial score (nSPS) is 25.7. The van der Waals surface area contributed by atoms with Gasteiger partial charge < -0.3 is 24.7 Å². The summed E-state index contributed by atoms with van der Waals surface area (Å²) in [5.41, 5.74) is 0.298. The number of nitrogens with zero attached hydrogens (tertiary/aromatic N) is 2. The summed E-state index contributed by atoms with van der Waals surface area (Å²) in [6.45, 7) is 8.71. The molecule has 1 aromatic heterocycles. The van der Waals surface area contributed by atoms with Crippen molar-refractivity contribution in [3.05, 3.63) is 24.2 Å². The Bertz CT molecular complexity index is 594. The summed E-state index contributed by atoms with van der Waals surface area (Å²) in [5.74, 6) is 1.06. The lowest BCUT2D eigenvalue weighted by atomic mass is 9.77. The molecule has 0 bridgehead atoms. The van der Waals surface area contributed by atoms with E-state index < -0.39 is 0 Å². The Morgan fingerprint density at radius 1 is 1.30 bits per heavy atom. The zero-order valence-electron chi connectivity index (χ0n) is 16.1. The molecule has 4 heterocycles. The zero-order chi connectivity index (χ0) is 18.5. The zero-order valence-corrected chi connectivity index (χ0v) is 16.1. The summed E-state index contributed by atoms with van der Waals surface area (Å²) < 4.78 is 11.0. The van der Waals surface area contributed by atoms with E-state index in [2.05, 4.69) is 15.5 Å². The van der Waals surface area contributed by atoms with Crippen LogP contribution < -0.4 is 10.6 Å². The van der Waals surface area contributed by atoms with E-state index in [1.54, 1.807) is 6.26 Å². The Hall–Kier alpha value is -1.41. The van der Waals surface area contributed by atoms with Crippen LogP contribution in [0.5, 0.6) is 0 Å². The monoisotopic (exact) mass is 376 g/mol. The lowest BCUT2D eigenvalue weighted by Crippen LogP contribution is -2.47. The molecule has 1 atom stereocenters. The van der Waals surface area contributed by atoms with E-state index in [4.69, 9.17) is 9.15 Å². The molecule has 27 heavy (non-hydrogen) atoms. The van der Waals surface area contributed by atoms with Crippen LogP contribution in [0.1, 0.15) is 25.0 Å². The highest BCUT2D eigenvalue weighted by molar-refractivity contribution is 5.82. The number of ether oxygens (including phenoxy) is 1. The van der Waals surface area contributed by atoms with Crippen molar-refractivity contribution in [1.82, 2.24) is 20.4 Å². The minimum absolute atomic E-state index is 0.0669. The van der Waals surface area contributed by atoms with Crippen LogP contribution in [0.4, 0.5) is 0 Å². The summed E-state index contributed by atoms with van der Waals surface area (Å²) in [7, 11) is 0. The minimum atomic E-state index is -0.0669. The second-order valence-electron chi connectivity index (χ2n) is 8.18. The van der Waals surface area contributed by atoms with Crippen molar-refractivity contribution in [2.75, 3.05) is 59.0 Å². The van der Waals surface area contributed by atoms with Gasteiger partial charge >= 0.3 is 0 Å². The summed E-state index contributed by atoms with van der Waals surface area (Å²) in [6, 6.07) is 3.77. The Morgan fingerprint density at radius 2 is 2.11 bits per heavy atom. The van der Waals surface area contributed by atoms with Crippen molar-refractivity contribution in [3.8, 4) is 0 Å². The third-order valence-corrected chi connectivity index (χ3v) is 6.35. The van der Waals surface area contributed by atoms with Crippen LogP contribution in [-0.2, 0) is 16.1 Å². The van der Waals surface area contributed by atoms with Crippen LogP contribution in [0.25, 0.3) is 0 Å². The van der Waals surface area contributed by atoms with Crippen molar-refractivity contribution in [2.24, 2.45) is 5.41 Å². The molecule has 0 aliphatic carbocycles. The molecular weight excluding hydrogens is 344 g/mol. The molecule has 3 aliphatic rings. The fraction of sp³-hybridized carbons (Fsp3) is 0.750. The summed E-state index contributed by atoms with van der Waals surface area (Å²) in [6.07, 6.45) is 4.96. The van der Waals surface area contributed by atoms with Crippen molar-refractivity contribution in [3.63, 3.8) is 0 Å². The molecule has 150 valence electrons. The fourth-order valence-corrected chi connectivity index (χ4v) is 4.59. The molecule has 7 nitrogen and oxygen atoms in total. The third-order valence-electron chi connectivity index (χ3n) is 6.35. The first-order chi connectivity index (χ1) is 13.2. The molecule has 0 unspecified atom stereocenters.